The monoisotopic (exact) mass is 326 g/mol. The molecule has 1 aliphatic carbocycles. The van der Waals surface area contributed by atoms with Crippen LogP contribution in [0.15, 0.2) is 36.7 Å². The smallest absolute Gasteiger partial charge is 0.242 e. The van der Waals surface area contributed by atoms with E-state index in [2.05, 4.69) is 26.1 Å². The molecule has 1 amide bonds. The number of nitrogens with zero attached hydrogens (tertiary/aromatic N) is 2. The standard InChI is InChI=1S/C17H22N6O/c18-15-16(21-13-8-4-5-9-13)19-11-20-17(15)23-22-14(24)10-12-6-2-1-3-7-12/h1-3,6-7,11,13H,4-5,8-10,18H2,(H,22,24)(H2,19,20,21,23). The molecule has 0 aliphatic heterocycles. The van der Waals surface area contributed by atoms with Crippen molar-refractivity contribution in [2.45, 2.75) is 38.1 Å². The Morgan fingerprint density at radius 3 is 2.58 bits per heavy atom. The minimum absolute atomic E-state index is 0.162. The average Bonchev–Trinajstić information content (AvgIpc) is 3.10. The number of nitrogens with one attached hydrogen (secondary N) is 3. The second-order valence-electron chi connectivity index (χ2n) is 5.95. The van der Waals surface area contributed by atoms with Gasteiger partial charge in [-0.1, -0.05) is 43.2 Å². The molecule has 0 saturated heterocycles. The van der Waals surface area contributed by atoms with Gasteiger partial charge in [-0.05, 0) is 18.4 Å². The molecule has 126 valence electrons. The van der Waals surface area contributed by atoms with Crippen LogP contribution in [0.4, 0.5) is 17.3 Å². The molecule has 1 heterocycles. The van der Waals surface area contributed by atoms with E-state index in [-0.39, 0.29) is 12.3 Å². The number of carbonyl (C=O) groups excluding carboxylic acids is 1. The fraction of sp³-hybridized carbons (Fsp3) is 0.353. The summed E-state index contributed by atoms with van der Waals surface area (Å²) >= 11 is 0. The predicted molar refractivity (Wildman–Crippen MR) is 94.2 cm³/mol. The molecule has 2 aromatic rings. The maximum Gasteiger partial charge on any atom is 0.242 e. The lowest BCUT2D eigenvalue weighted by atomic mass is 10.1. The second kappa shape index (κ2) is 7.63. The van der Waals surface area contributed by atoms with E-state index in [1.807, 2.05) is 30.3 Å². The van der Waals surface area contributed by atoms with E-state index in [0.717, 1.165) is 18.4 Å². The molecule has 1 fully saturated rings. The second-order valence-corrected chi connectivity index (χ2v) is 5.95. The molecule has 24 heavy (non-hydrogen) atoms. The van der Waals surface area contributed by atoms with Gasteiger partial charge in [0, 0.05) is 6.04 Å². The number of benzene rings is 1. The fourth-order valence-electron chi connectivity index (χ4n) is 2.83. The first kappa shape index (κ1) is 16.0. The van der Waals surface area contributed by atoms with Crippen molar-refractivity contribution in [1.29, 1.82) is 0 Å². The summed E-state index contributed by atoms with van der Waals surface area (Å²) in [4.78, 5) is 20.3. The van der Waals surface area contributed by atoms with Crippen LogP contribution < -0.4 is 21.9 Å². The number of nitrogens with two attached hydrogens (primary N) is 1. The molecule has 1 aromatic carbocycles. The van der Waals surface area contributed by atoms with Crippen molar-refractivity contribution >= 4 is 23.2 Å². The van der Waals surface area contributed by atoms with Crippen LogP contribution >= 0.6 is 0 Å². The Labute approximate surface area is 141 Å². The Bertz CT molecular complexity index is 685. The third-order valence-corrected chi connectivity index (χ3v) is 4.11. The molecule has 0 spiro atoms. The fourth-order valence-corrected chi connectivity index (χ4v) is 2.83. The zero-order chi connectivity index (χ0) is 16.8. The number of carbonyl (C=O) groups is 1. The Morgan fingerprint density at radius 2 is 1.83 bits per heavy atom. The van der Waals surface area contributed by atoms with E-state index in [4.69, 9.17) is 5.73 Å². The zero-order valence-electron chi connectivity index (χ0n) is 13.5. The highest BCUT2D eigenvalue weighted by Gasteiger charge is 2.17. The summed E-state index contributed by atoms with van der Waals surface area (Å²) in [6, 6.07) is 9.94. The van der Waals surface area contributed by atoms with Crippen molar-refractivity contribution < 1.29 is 4.79 Å². The highest BCUT2D eigenvalue weighted by atomic mass is 16.2. The lowest BCUT2D eigenvalue weighted by Crippen LogP contribution is -2.31. The Hall–Kier alpha value is -2.83. The molecule has 3 rings (SSSR count). The van der Waals surface area contributed by atoms with E-state index in [1.54, 1.807) is 0 Å². The Morgan fingerprint density at radius 1 is 1.12 bits per heavy atom. The molecular weight excluding hydrogens is 304 g/mol. The van der Waals surface area contributed by atoms with Gasteiger partial charge in [-0.3, -0.25) is 15.6 Å². The van der Waals surface area contributed by atoms with Crippen molar-refractivity contribution in [1.82, 2.24) is 15.4 Å². The lowest BCUT2D eigenvalue weighted by molar-refractivity contribution is -0.119. The van der Waals surface area contributed by atoms with Crippen LogP contribution in [0.25, 0.3) is 0 Å². The van der Waals surface area contributed by atoms with Gasteiger partial charge in [0.2, 0.25) is 5.91 Å². The van der Waals surface area contributed by atoms with Crippen LogP contribution in [0, 0.1) is 0 Å². The number of nitrogen functional groups attached to an aromatic ring is 1. The van der Waals surface area contributed by atoms with Crippen molar-refractivity contribution in [2.75, 3.05) is 16.5 Å². The third kappa shape index (κ3) is 4.13. The lowest BCUT2D eigenvalue weighted by Gasteiger charge is -2.16. The Balaban J connectivity index is 1.57. The van der Waals surface area contributed by atoms with Gasteiger partial charge in [0.1, 0.15) is 12.0 Å². The summed E-state index contributed by atoms with van der Waals surface area (Å²) < 4.78 is 0. The summed E-state index contributed by atoms with van der Waals surface area (Å²) in [6.07, 6.45) is 6.41. The molecule has 1 aliphatic rings. The number of rotatable bonds is 6. The van der Waals surface area contributed by atoms with Crippen LogP contribution in [0.1, 0.15) is 31.2 Å². The molecule has 0 bridgehead atoms. The summed E-state index contributed by atoms with van der Waals surface area (Å²) in [5, 5.41) is 3.35. The summed E-state index contributed by atoms with van der Waals surface area (Å²) in [6.45, 7) is 0. The minimum atomic E-state index is -0.162. The topological polar surface area (TPSA) is 105 Å². The summed E-state index contributed by atoms with van der Waals surface area (Å²) in [5.74, 6) is 0.841. The van der Waals surface area contributed by atoms with Crippen LogP contribution in [-0.4, -0.2) is 21.9 Å². The Kier molecular flexibility index (Phi) is 5.10. The number of hydrogen-bond acceptors (Lipinski definition) is 6. The molecule has 7 nitrogen and oxygen atoms in total. The van der Waals surface area contributed by atoms with Gasteiger partial charge in [0.05, 0.1) is 6.42 Å². The van der Waals surface area contributed by atoms with Crippen LogP contribution in [0.2, 0.25) is 0 Å². The van der Waals surface area contributed by atoms with Gasteiger partial charge >= 0.3 is 0 Å². The molecule has 0 radical (unpaired) electrons. The van der Waals surface area contributed by atoms with Gasteiger partial charge in [-0.2, -0.15) is 0 Å². The third-order valence-electron chi connectivity index (χ3n) is 4.11. The number of hydrazine groups is 1. The maximum absolute atomic E-state index is 12.0. The minimum Gasteiger partial charge on any atom is -0.393 e. The van der Waals surface area contributed by atoms with Gasteiger partial charge in [-0.15, -0.1) is 0 Å². The first-order valence-electron chi connectivity index (χ1n) is 8.18. The van der Waals surface area contributed by atoms with E-state index >= 15 is 0 Å². The molecule has 1 aromatic heterocycles. The van der Waals surface area contributed by atoms with Crippen LogP contribution in [0.3, 0.4) is 0 Å². The predicted octanol–water partition coefficient (Wildman–Crippen LogP) is 2.10. The average molecular weight is 326 g/mol. The highest BCUT2D eigenvalue weighted by Crippen LogP contribution is 2.26. The van der Waals surface area contributed by atoms with E-state index in [0.29, 0.717) is 23.4 Å². The first-order chi connectivity index (χ1) is 11.7. The van der Waals surface area contributed by atoms with Gasteiger partial charge in [0.15, 0.2) is 11.6 Å². The van der Waals surface area contributed by atoms with Crippen molar-refractivity contribution in [2.24, 2.45) is 0 Å². The molecule has 0 atom stereocenters. The van der Waals surface area contributed by atoms with Gasteiger partial charge in [-0.25, -0.2) is 9.97 Å². The van der Waals surface area contributed by atoms with Crippen LogP contribution in [-0.2, 0) is 11.2 Å². The number of amides is 1. The van der Waals surface area contributed by atoms with Crippen molar-refractivity contribution in [3.05, 3.63) is 42.2 Å². The highest BCUT2D eigenvalue weighted by molar-refractivity contribution is 5.81. The largest absolute Gasteiger partial charge is 0.393 e. The van der Waals surface area contributed by atoms with E-state index in [9.17, 15) is 4.79 Å². The van der Waals surface area contributed by atoms with Gasteiger partial charge in [0.25, 0.3) is 0 Å². The normalized spacial score (nSPS) is 14.3. The number of aromatic nitrogens is 2. The van der Waals surface area contributed by atoms with Crippen molar-refractivity contribution in [3.8, 4) is 0 Å². The summed E-state index contributed by atoms with van der Waals surface area (Å²) in [7, 11) is 0. The molecular formula is C17H22N6O. The van der Waals surface area contributed by atoms with Gasteiger partial charge < -0.3 is 11.1 Å². The SMILES string of the molecule is Nc1c(NNC(=O)Cc2ccccc2)ncnc1NC1CCCC1. The van der Waals surface area contributed by atoms with Crippen molar-refractivity contribution in [3.63, 3.8) is 0 Å². The first-order valence-corrected chi connectivity index (χ1v) is 8.18. The number of anilines is 3. The summed E-state index contributed by atoms with van der Waals surface area (Å²) in [5.41, 5.74) is 12.9. The zero-order valence-corrected chi connectivity index (χ0v) is 13.5. The number of hydrogen-bond donors (Lipinski definition) is 4. The van der Waals surface area contributed by atoms with E-state index < -0.39 is 0 Å². The van der Waals surface area contributed by atoms with E-state index in [1.165, 1.54) is 19.2 Å². The molecule has 1 saturated carbocycles. The molecule has 5 N–H and O–H groups in total. The molecule has 7 heteroatoms. The molecule has 0 unspecified atom stereocenters. The van der Waals surface area contributed by atoms with Crippen LogP contribution in [0.5, 0.6) is 0 Å². The maximum atomic E-state index is 12.0. The quantitative estimate of drug-likeness (QED) is 0.606.